The summed E-state index contributed by atoms with van der Waals surface area (Å²) in [5.74, 6) is 1.11. The van der Waals surface area contributed by atoms with Crippen LogP contribution in [0.1, 0.15) is 23.1 Å². The molecular weight excluding hydrogens is 242 g/mol. The fourth-order valence-corrected chi connectivity index (χ4v) is 4.02. The van der Waals surface area contributed by atoms with Gasteiger partial charge >= 0.3 is 0 Å². The van der Waals surface area contributed by atoms with Gasteiger partial charge in [-0.2, -0.15) is 0 Å². The third-order valence-electron chi connectivity index (χ3n) is 2.54. The smallest absolute Gasteiger partial charge is 0.224 e. The predicted octanol–water partition coefficient (Wildman–Crippen LogP) is 2.09. The van der Waals surface area contributed by atoms with Crippen molar-refractivity contribution in [3.63, 3.8) is 0 Å². The summed E-state index contributed by atoms with van der Waals surface area (Å²) in [6.45, 7) is 0.802. The zero-order valence-electron chi connectivity index (χ0n) is 8.96. The molecule has 1 saturated heterocycles. The van der Waals surface area contributed by atoms with Gasteiger partial charge in [0.1, 0.15) is 5.37 Å². The highest BCUT2D eigenvalue weighted by Gasteiger charge is 2.29. The van der Waals surface area contributed by atoms with Crippen LogP contribution in [0, 0.1) is 0 Å². The number of rotatable bonds is 4. The molecule has 1 amide bonds. The van der Waals surface area contributed by atoms with Crippen molar-refractivity contribution in [1.29, 1.82) is 0 Å². The largest absolute Gasteiger partial charge is 0.396 e. The van der Waals surface area contributed by atoms with Crippen LogP contribution in [-0.2, 0) is 4.79 Å². The first-order valence-electron chi connectivity index (χ1n) is 5.38. The number of aliphatic hydroxyl groups excluding tert-OH is 1. The SMILES string of the molecule is O=C1CCSC(c2cccs2)N1CCCO. The molecule has 3 nitrogen and oxygen atoms in total. The molecule has 1 unspecified atom stereocenters. The van der Waals surface area contributed by atoms with Crippen LogP contribution in [0.5, 0.6) is 0 Å². The Balaban J connectivity index is 2.10. The summed E-state index contributed by atoms with van der Waals surface area (Å²) >= 11 is 3.51. The van der Waals surface area contributed by atoms with E-state index in [1.165, 1.54) is 4.88 Å². The van der Waals surface area contributed by atoms with E-state index >= 15 is 0 Å². The van der Waals surface area contributed by atoms with E-state index in [1.54, 1.807) is 11.3 Å². The van der Waals surface area contributed by atoms with Crippen molar-refractivity contribution in [2.75, 3.05) is 18.9 Å². The van der Waals surface area contributed by atoms with Gasteiger partial charge in [-0.3, -0.25) is 4.79 Å². The van der Waals surface area contributed by atoms with Crippen molar-refractivity contribution in [3.8, 4) is 0 Å². The number of thioether (sulfide) groups is 1. The minimum atomic E-state index is 0.144. The summed E-state index contributed by atoms with van der Waals surface area (Å²) in [4.78, 5) is 15.0. The van der Waals surface area contributed by atoms with Crippen molar-refractivity contribution >= 4 is 29.0 Å². The van der Waals surface area contributed by atoms with Gasteiger partial charge in [-0.15, -0.1) is 23.1 Å². The normalized spacial score (nSPS) is 21.4. The average Bonchev–Trinajstić information content (AvgIpc) is 2.80. The molecule has 1 N–H and O–H groups in total. The van der Waals surface area contributed by atoms with Gasteiger partial charge in [0.25, 0.3) is 0 Å². The Morgan fingerprint density at radius 3 is 3.12 bits per heavy atom. The Bertz CT molecular complexity index is 340. The van der Waals surface area contributed by atoms with Crippen LogP contribution in [0.3, 0.4) is 0 Å². The molecule has 0 aromatic carbocycles. The second-order valence-electron chi connectivity index (χ2n) is 3.65. The van der Waals surface area contributed by atoms with Gasteiger partial charge < -0.3 is 10.0 Å². The number of thiophene rings is 1. The second kappa shape index (κ2) is 5.70. The Hall–Kier alpha value is -0.520. The van der Waals surface area contributed by atoms with Crippen LogP contribution < -0.4 is 0 Å². The molecule has 1 aromatic heterocycles. The van der Waals surface area contributed by atoms with E-state index in [0.717, 1.165) is 5.75 Å². The fraction of sp³-hybridized carbons (Fsp3) is 0.545. The number of carbonyl (C=O) groups excluding carboxylic acids is 1. The van der Waals surface area contributed by atoms with Crippen LogP contribution in [0.4, 0.5) is 0 Å². The monoisotopic (exact) mass is 257 g/mol. The maximum absolute atomic E-state index is 11.8. The fourth-order valence-electron chi connectivity index (χ4n) is 1.77. The molecule has 1 aliphatic rings. The summed E-state index contributed by atoms with van der Waals surface area (Å²) in [5.41, 5.74) is 0. The maximum atomic E-state index is 11.8. The van der Waals surface area contributed by atoms with Crippen LogP contribution >= 0.6 is 23.1 Å². The van der Waals surface area contributed by atoms with E-state index in [0.29, 0.717) is 19.4 Å². The first-order valence-corrected chi connectivity index (χ1v) is 7.31. The Morgan fingerprint density at radius 1 is 1.56 bits per heavy atom. The lowest BCUT2D eigenvalue weighted by molar-refractivity contribution is -0.132. The lowest BCUT2D eigenvalue weighted by Crippen LogP contribution is -2.37. The molecule has 1 aromatic rings. The van der Waals surface area contributed by atoms with Gasteiger partial charge in [0.05, 0.1) is 0 Å². The van der Waals surface area contributed by atoms with E-state index in [4.69, 9.17) is 5.11 Å². The van der Waals surface area contributed by atoms with Crippen LogP contribution in [0.25, 0.3) is 0 Å². The van der Waals surface area contributed by atoms with Crippen LogP contribution in [-0.4, -0.2) is 34.8 Å². The molecule has 0 bridgehead atoms. The Labute approximate surface area is 103 Å². The van der Waals surface area contributed by atoms with Crippen LogP contribution in [0.2, 0.25) is 0 Å². The summed E-state index contributed by atoms with van der Waals surface area (Å²) < 4.78 is 0. The van der Waals surface area contributed by atoms with E-state index in [-0.39, 0.29) is 17.9 Å². The van der Waals surface area contributed by atoms with E-state index in [1.807, 2.05) is 28.1 Å². The van der Waals surface area contributed by atoms with Crippen molar-refractivity contribution in [3.05, 3.63) is 22.4 Å². The Morgan fingerprint density at radius 2 is 2.44 bits per heavy atom. The first-order chi connectivity index (χ1) is 7.83. The number of carbonyl (C=O) groups is 1. The molecule has 0 spiro atoms. The molecule has 0 radical (unpaired) electrons. The number of amides is 1. The van der Waals surface area contributed by atoms with Gasteiger partial charge in [-0.05, 0) is 17.9 Å². The third kappa shape index (κ3) is 2.59. The minimum absolute atomic E-state index is 0.144. The summed E-state index contributed by atoms with van der Waals surface area (Å²) in [5, 5.41) is 11.1. The molecule has 1 aliphatic heterocycles. The molecule has 16 heavy (non-hydrogen) atoms. The molecule has 1 atom stereocenters. The lowest BCUT2D eigenvalue weighted by Gasteiger charge is -2.34. The van der Waals surface area contributed by atoms with Gasteiger partial charge in [0.15, 0.2) is 0 Å². The molecule has 0 aliphatic carbocycles. The zero-order valence-corrected chi connectivity index (χ0v) is 10.6. The molecule has 1 fully saturated rings. The van der Waals surface area contributed by atoms with Gasteiger partial charge in [-0.25, -0.2) is 0 Å². The summed E-state index contributed by atoms with van der Waals surface area (Å²) in [6.07, 6.45) is 1.28. The third-order valence-corrected chi connectivity index (χ3v) is 4.88. The number of hydrogen-bond acceptors (Lipinski definition) is 4. The second-order valence-corrected chi connectivity index (χ2v) is 5.82. The lowest BCUT2D eigenvalue weighted by atomic mass is 10.3. The molecule has 88 valence electrons. The minimum Gasteiger partial charge on any atom is -0.396 e. The molecular formula is C11H15NO2S2. The highest BCUT2D eigenvalue weighted by molar-refractivity contribution is 7.99. The first kappa shape index (κ1) is 12.0. The standard InChI is InChI=1S/C11H15NO2S2/c13-6-2-5-12-10(14)4-8-16-11(12)9-3-1-7-15-9/h1,3,7,11,13H,2,4-6,8H2. The van der Waals surface area contributed by atoms with Crippen molar-refractivity contribution < 1.29 is 9.90 Å². The van der Waals surface area contributed by atoms with Crippen molar-refractivity contribution in [2.24, 2.45) is 0 Å². The van der Waals surface area contributed by atoms with E-state index < -0.39 is 0 Å². The van der Waals surface area contributed by atoms with Crippen molar-refractivity contribution in [1.82, 2.24) is 4.90 Å². The highest BCUT2D eigenvalue weighted by atomic mass is 32.2. The quantitative estimate of drug-likeness (QED) is 0.898. The zero-order chi connectivity index (χ0) is 11.4. The highest BCUT2D eigenvalue weighted by Crippen LogP contribution is 2.39. The summed E-state index contributed by atoms with van der Waals surface area (Å²) in [7, 11) is 0. The predicted molar refractivity (Wildman–Crippen MR) is 67.6 cm³/mol. The van der Waals surface area contributed by atoms with E-state index in [9.17, 15) is 4.79 Å². The molecule has 2 rings (SSSR count). The Kier molecular flexibility index (Phi) is 4.26. The number of hydrogen-bond donors (Lipinski definition) is 1. The summed E-state index contributed by atoms with van der Waals surface area (Å²) in [6, 6.07) is 4.09. The van der Waals surface area contributed by atoms with Crippen LogP contribution in [0.15, 0.2) is 17.5 Å². The van der Waals surface area contributed by atoms with Crippen molar-refractivity contribution in [2.45, 2.75) is 18.2 Å². The van der Waals surface area contributed by atoms with E-state index in [2.05, 4.69) is 6.07 Å². The van der Waals surface area contributed by atoms with Gasteiger partial charge in [-0.1, -0.05) is 6.07 Å². The van der Waals surface area contributed by atoms with Gasteiger partial charge in [0.2, 0.25) is 5.91 Å². The molecule has 2 heterocycles. The number of aliphatic hydroxyl groups is 1. The molecule has 0 saturated carbocycles. The topological polar surface area (TPSA) is 40.5 Å². The maximum Gasteiger partial charge on any atom is 0.224 e. The van der Waals surface area contributed by atoms with Gasteiger partial charge in [0, 0.05) is 30.2 Å². The average molecular weight is 257 g/mol. The number of nitrogens with zero attached hydrogens (tertiary/aromatic N) is 1. The molecule has 5 heteroatoms.